The second-order valence-electron chi connectivity index (χ2n) is 24.0. The molecule has 79 heavy (non-hydrogen) atoms. The first kappa shape index (κ1) is 76.7. The SMILES string of the molecule is CC/C=C/C/C=C/CCCCCCCCCC(=O)OC(/C=C\CCCCCCCCCCCC)C(COP(=O)(O)OCC[N+](C)(C)C)NC(=O)CCCCCCCCCCCCCCCCCCC/C=C\C/C=C\CCCCC. The molecule has 0 heterocycles. The van der Waals surface area contributed by atoms with Crippen molar-refractivity contribution in [1.29, 1.82) is 0 Å². The lowest BCUT2D eigenvalue weighted by Gasteiger charge is -2.27. The smallest absolute Gasteiger partial charge is 0.456 e. The fourth-order valence-electron chi connectivity index (χ4n) is 9.77. The first-order valence-corrected chi connectivity index (χ1v) is 35.1. The van der Waals surface area contributed by atoms with Crippen molar-refractivity contribution < 1.29 is 37.3 Å². The van der Waals surface area contributed by atoms with E-state index in [-0.39, 0.29) is 31.5 Å². The summed E-state index contributed by atoms with van der Waals surface area (Å²) >= 11 is 0. The van der Waals surface area contributed by atoms with Gasteiger partial charge in [-0.25, -0.2) is 4.57 Å². The van der Waals surface area contributed by atoms with Crippen LogP contribution in [0.4, 0.5) is 0 Å². The summed E-state index contributed by atoms with van der Waals surface area (Å²) in [6, 6.07) is -0.851. The molecule has 3 unspecified atom stereocenters. The minimum Gasteiger partial charge on any atom is -0.456 e. The first-order chi connectivity index (χ1) is 38.4. The van der Waals surface area contributed by atoms with Gasteiger partial charge in [0.1, 0.15) is 19.3 Å². The molecule has 3 atom stereocenters. The summed E-state index contributed by atoms with van der Waals surface area (Å²) in [6.45, 7) is 6.91. The number of nitrogens with one attached hydrogen (secondary N) is 1. The number of hydrogen-bond donors (Lipinski definition) is 2. The number of rotatable bonds is 61. The van der Waals surface area contributed by atoms with Gasteiger partial charge in [-0.05, 0) is 89.5 Å². The maximum Gasteiger partial charge on any atom is 0.472 e. The van der Waals surface area contributed by atoms with E-state index in [4.69, 9.17) is 13.8 Å². The van der Waals surface area contributed by atoms with Crippen molar-refractivity contribution in [2.75, 3.05) is 40.9 Å². The molecule has 0 bridgehead atoms. The van der Waals surface area contributed by atoms with Crippen molar-refractivity contribution in [3.05, 3.63) is 60.8 Å². The Kier molecular flexibility index (Phi) is 57.2. The monoisotopic (exact) mass is 1130 g/mol. The number of quaternary nitrogens is 1. The number of nitrogens with zero attached hydrogens (tertiary/aromatic N) is 1. The molecule has 0 aromatic rings. The van der Waals surface area contributed by atoms with E-state index in [1.165, 1.54) is 193 Å². The van der Waals surface area contributed by atoms with Gasteiger partial charge in [-0.2, -0.15) is 0 Å². The van der Waals surface area contributed by atoms with E-state index in [9.17, 15) is 19.0 Å². The molecule has 0 radical (unpaired) electrons. The number of likely N-dealkylation sites (N-methyl/N-ethyl adjacent to an activating group) is 1. The zero-order valence-corrected chi connectivity index (χ0v) is 53.8. The Labute approximate surface area is 490 Å². The van der Waals surface area contributed by atoms with E-state index >= 15 is 0 Å². The van der Waals surface area contributed by atoms with Crippen molar-refractivity contribution in [1.82, 2.24) is 5.32 Å². The van der Waals surface area contributed by atoms with Crippen LogP contribution in [0.2, 0.25) is 0 Å². The molecule has 0 spiro atoms. The molecule has 10 heteroatoms. The predicted molar refractivity (Wildman–Crippen MR) is 342 cm³/mol. The highest BCUT2D eigenvalue weighted by Crippen LogP contribution is 2.43. The number of ether oxygens (including phenoxy) is 1. The highest BCUT2D eigenvalue weighted by Gasteiger charge is 2.30. The third kappa shape index (κ3) is 60.1. The lowest BCUT2D eigenvalue weighted by molar-refractivity contribution is -0.870. The fraction of sp³-hybridized carbons (Fsp3) is 0.826. The number of carbonyl (C=O) groups is 2. The minimum atomic E-state index is -4.45. The number of phosphoric acid groups is 1. The average Bonchev–Trinajstić information content (AvgIpc) is 3.41. The van der Waals surface area contributed by atoms with Crippen LogP contribution in [-0.4, -0.2) is 74.3 Å². The molecule has 462 valence electrons. The topological polar surface area (TPSA) is 111 Å². The summed E-state index contributed by atoms with van der Waals surface area (Å²) in [5.41, 5.74) is 0. The summed E-state index contributed by atoms with van der Waals surface area (Å²) in [5.74, 6) is -0.505. The molecule has 0 saturated carbocycles. The van der Waals surface area contributed by atoms with Crippen molar-refractivity contribution in [2.24, 2.45) is 0 Å². The van der Waals surface area contributed by atoms with E-state index in [1.807, 2.05) is 33.3 Å². The Balaban J connectivity index is 5.00. The molecule has 0 rings (SSSR count). The summed E-state index contributed by atoms with van der Waals surface area (Å²) in [6.07, 6.45) is 75.2. The van der Waals surface area contributed by atoms with Crippen LogP contribution in [0.5, 0.6) is 0 Å². The van der Waals surface area contributed by atoms with E-state index in [0.717, 1.165) is 89.9 Å². The summed E-state index contributed by atoms with van der Waals surface area (Å²) in [4.78, 5) is 37.8. The normalized spacial score (nSPS) is 14.0. The van der Waals surface area contributed by atoms with E-state index in [1.54, 1.807) is 0 Å². The molecular weight excluding hydrogens is 1000 g/mol. The Bertz CT molecular complexity index is 1540. The van der Waals surface area contributed by atoms with Gasteiger partial charge in [-0.15, -0.1) is 0 Å². The third-order valence-corrected chi connectivity index (χ3v) is 15.9. The maximum atomic E-state index is 13.6. The van der Waals surface area contributed by atoms with Gasteiger partial charge in [0.2, 0.25) is 5.91 Å². The summed E-state index contributed by atoms with van der Waals surface area (Å²) in [7, 11) is 1.50. The molecule has 0 aliphatic rings. The van der Waals surface area contributed by atoms with Crippen molar-refractivity contribution in [3.63, 3.8) is 0 Å². The Morgan fingerprint density at radius 2 is 0.810 bits per heavy atom. The average molecular weight is 1130 g/mol. The van der Waals surface area contributed by atoms with Gasteiger partial charge in [0.05, 0.1) is 33.8 Å². The lowest BCUT2D eigenvalue weighted by Crippen LogP contribution is -2.47. The number of phosphoric ester groups is 1. The first-order valence-electron chi connectivity index (χ1n) is 33.6. The standard InChI is InChI=1S/C69H129N2O7P/c1-7-10-13-16-19-22-25-28-30-31-32-33-34-35-36-37-38-39-40-41-42-43-46-49-52-55-58-61-68(72)70-66(65-77-79(74,75)76-64-63-71(4,5)6)67(60-57-54-51-48-45-27-24-21-18-15-12-9-3)78-69(73)62-59-56-53-50-47-44-29-26-23-20-17-14-11-8-2/h11,14,19-20,22-23,28,30,57,60,66-67H,7-10,12-13,15-18,21,24-27,29,31-56,58-59,61-65H2,1-6H3,(H-,70,72,74,75)/p+1/b14-11+,22-19-,23-20+,30-28-,60-57-. The maximum absolute atomic E-state index is 13.6. The van der Waals surface area contributed by atoms with E-state index in [2.05, 4.69) is 74.7 Å². The number of amides is 1. The van der Waals surface area contributed by atoms with Gasteiger partial charge < -0.3 is 19.4 Å². The van der Waals surface area contributed by atoms with Crippen molar-refractivity contribution in [3.8, 4) is 0 Å². The summed E-state index contributed by atoms with van der Waals surface area (Å²) in [5, 5.41) is 3.06. The molecule has 0 aliphatic carbocycles. The molecule has 2 N–H and O–H groups in total. The quantitative estimate of drug-likeness (QED) is 0.0205. The zero-order valence-electron chi connectivity index (χ0n) is 52.9. The molecule has 0 aromatic heterocycles. The van der Waals surface area contributed by atoms with Gasteiger partial charge in [-0.1, -0.05) is 275 Å². The Morgan fingerprint density at radius 1 is 0.456 bits per heavy atom. The van der Waals surface area contributed by atoms with E-state index in [0.29, 0.717) is 17.4 Å². The Hall–Kier alpha value is -2.29. The molecular formula is C69H130N2O7P+. The van der Waals surface area contributed by atoms with Crippen molar-refractivity contribution >= 4 is 19.7 Å². The zero-order chi connectivity index (χ0) is 57.9. The third-order valence-electron chi connectivity index (χ3n) is 14.9. The van der Waals surface area contributed by atoms with Gasteiger partial charge in [0, 0.05) is 12.8 Å². The molecule has 0 saturated heterocycles. The van der Waals surface area contributed by atoms with E-state index < -0.39 is 20.0 Å². The number of carbonyl (C=O) groups excluding carboxylic acids is 2. The molecule has 0 aromatic carbocycles. The Morgan fingerprint density at radius 3 is 1.23 bits per heavy atom. The van der Waals surface area contributed by atoms with Gasteiger partial charge in [0.15, 0.2) is 0 Å². The second kappa shape index (κ2) is 58.9. The van der Waals surface area contributed by atoms with Crippen LogP contribution >= 0.6 is 7.82 Å². The molecule has 0 aliphatic heterocycles. The van der Waals surface area contributed by atoms with Crippen LogP contribution in [0.1, 0.15) is 316 Å². The second-order valence-corrected chi connectivity index (χ2v) is 25.4. The fourth-order valence-corrected chi connectivity index (χ4v) is 10.5. The van der Waals surface area contributed by atoms with Gasteiger partial charge in [0.25, 0.3) is 0 Å². The predicted octanol–water partition coefficient (Wildman–Crippen LogP) is 21.0. The van der Waals surface area contributed by atoms with Gasteiger partial charge in [-0.3, -0.25) is 18.6 Å². The molecule has 9 nitrogen and oxygen atoms in total. The molecule has 0 fully saturated rings. The minimum absolute atomic E-state index is 0.0391. The number of esters is 1. The van der Waals surface area contributed by atoms with Gasteiger partial charge >= 0.3 is 13.8 Å². The number of allylic oxidation sites excluding steroid dienone is 9. The van der Waals surface area contributed by atoms with Crippen LogP contribution in [0.15, 0.2) is 60.8 Å². The lowest BCUT2D eigenvalue weighted by atomic mass is 10.0. The highest BCUT2D eigenvalue weighted by atomic mass is 31.2. The highest BCUT2D eigenvalue weighted by molar-refractivity contribution is 7.47. The van der Waals surface area contributed by atoms with Crippen LogP contribution in [-0.2, 0) is 27.9 Å². The summed E-state index contributed by atoms with van der Waals surface area (Å²) < 4.78 is 30.7. The van der Waals surface area contributed by atoms with Crippen LogP contribution in [0, 0.1) is 0 Å². The number of unbranched alkanes of at least 4 members (excludes halogenated alkanes) is 37. The van der Waals surface area contributed by atoms with Crippen LogP contribution < -0.4 is 5.32 Å². The van der Waals surface area contributed by atoms with Crippen molar-refractivity contribution in [2.45, 2.75) is 328 Å². The molecule has 1 amide bonds. The largest absolute Gasteiger partial charge is 0.472 e. The van der Waals surface area contributed by atoms with Crippen LogP contribution in [0.25, 0.3) is 0 Å². The van der Waals surface area contributed by atoms with Crippen LogP contribution in [0.3, 0.4) is 0 Å². The number of hydrogen-bond acceptors (Lipinski definition) is 6.